The Morgan fingerprint density at radius 2 is 0.441 bits per heavy atom. The fourth-order valence-electron chi connectivity index (χ4n) is 15.7. The van der Waals surface area contributed by atoms with Crippen molar-refractivity contribution in [3.8, 4) is 147 Å². The molecule has 0 bridgehead atoms. The molecule has 0 unspecified atom stereocenters. The molecule has 0 spiro atoms. The van der Waals surface area contributed by atoms with E-state index in [4.69, 9.17) is 58.7 Å². The van der Waals surface area contributed by atoms with Crippen LogP contribution in [0, 0.1) is 0 Å². The lowest BCUT2D eigenvalue weighted by Gasteiger charge is -2.09. The van der Waals surface area contributed by atoms with Gasteiger partial charge in [-0.15, -0.1) is 22.7 Å². The van der Waals surface area contributed by atoms with Crippen LogP contribution in [0.2, 0.25) is 0 Å². The highest BCUT2D eigenvalue weighted by molar-refractivity contribution is 7.26. The third-order valence-electron chi connectivity index (χ3n) is 21.6. The van der Waals surface area contributed by atoms with E-state index in [9.17, 15) is 0 Å². The molecule has 552 valence electrons. The summed E-state index contributed by atoms with van der Waals surface area (Å²) in [5.74, 6) is 5.08. The van der Waals surface area contributed by atoms with E-state index in [0.29, 0.717) is 40.8 Å². The lowest BCUT2D eigenvalue weighted by atomic mass is 10.00. The van der Waals surface area contributed by atoms with Crippen molar-refractivity contribution >= 4 is 107 Å². The summed E-state index contributed by atoms with van der Waals surface area (Å²) in [5, 5.41) is 6.44. The van der Waals surface area contributed by atoms with Crippen molar-refractivity contribution in [1.29, 1.82) is 0 Å². The minimum atomic E-state index is 0.584. The molecule has 0 radical (unpaired) electrons. The van der Waals surface area contributed by atoms with Gasteiger partial charge in [-0.05, 0) is 58.7 Å². The van der Waals surface area contributed by atoms with Crippen molar-refractivity contribution in [2.45, 2.75) is 0 Å². The van der Waals surface area contributed by atoms with Crippen LogP contribution in [0.1, 0.15) is 0 Å². The Bertz CT molecular complexity index is 7650. The number of furan rings is 2. The molecule has 23 rings (SSSR count). The number of rotatable bonds is 13. The molecule has 118 heavy (non-hydrogen) atoms. The number of para-hydroxylation sites is 2. The quantitative estimate of drug-likeness (QED) is 0.108. The second kappa shape index (κ2) is 29.5. The van der Waals surface area contributed by atoms with E-state index in [1.165, 1.54) is 15.0 Å². The Balaban J connectivity index is 0.000000143. The predicted molar refractivity (Wildman–Crippen MR) is 482 cm³/mol. The predicted octanol–water partition coefficient (Wildman–Crippen LogP) is 27.5. The molecule has 0 fully saturated rings. The van der Waals surface area contributed by atoms with Gasteiger partial charge in [0, 0.05) is 108 Å². The number of hydrogen-bond acceptors (Lipinski definition) is 14. The van der Waals surface area contributed by atoms with Crippen molar-refractivity contribution in [1.82, 2.24) is 49.8 Å². The van der Waals surface area contributed by atoms with E-state index in [1.807, 2.05) is 158 Å². The molecule has 14 heteroatoms. The Morgan fingerprint density at radius 1 is 0.178 bits per heavy atom. The number of nitrogens with zero attached hydrogens (tertiary/aromatic N) is 10. The first-order chi connectivity index (χ1) is 58.4. The molecular weight excluding hydrogens is 1490 g/mol. The summed E-state index contributed by atoms with van der Waals surface area (Å²) in [6, 6.07) is 129. The third-order valence-corrected chi connectivity index (χ3v) is 23.9. The number of hydrogen-bond donors (Lipinski definition) is 0. The summed E-state index contributed by atoms with van der Waals surface area (Å²) in [7, 11) is 0. The maximum absolute atomic E-state index is 6.75. The molecule has 0 saturated carbocycles. The zero-order valence-electron chi connectivity index (χ0n) is 62.9. The Morgan fingerprint density at radius 3 is 0.805 bits per heavy atom. The summed E-state index contributed by atoms with van der Waals surface area (Å²) < 4.78 is 18.0. The SMILES string of the molecule is c1ccc(-c2ccc(-c3nc(-c4ccc(-c5cccc6c5oc5cc(-c7nc(-c8ccccc8)nc(-c8ccccc8)n7)ccc56)cc4)c4sc5ccccc5c4n3)cc2)cc1.c1ccc(-c2nc(-c3ccccc3)nc(-c3ccc4c(c3)oc3c(-c5ccc(-c6nc(-c7ccccc7)nc7c6sc6ccccc67)cc5)cccc34)n2)cc1. The van der Waals surface area contributed by atoms with E-state index >= 15 is 0 Å². The molecule has 0 aliphatic heterocycles. The number of benzene rings is 15. The lowest BCUT2D eigenvalue weighted by Crippen LogP contribution is -2.00. The fourth-order valence-corrected chi connectivity index (χ4v) is 18.0. The topological polar surface area (TPSA) is 155 Å². The second-order valence-corrected chi connectivity index (χ2v) is 31.0. The van der Waals surface area contributed by atoms with Crippen molar-refractivity contribution in [2.75, 3.05) is 0 Å². The van der Waals surface area contributed by atoms with Crippen LogP contribution >= 0.6 is 22.7 Å². The monoisotopic (exact) mass is 1550 g/mol. The van der Waals surface area contributed by atoms with Gasteiger partial charge in [-0.2, -0.15) is 0 Å². The summed E-state index contributed by atoms with van der Waals surface area (Å²) in [6.07, 6.45) is 0. The van der Waals surface area contributed by atoms with Gasteiger partial charge in [-0.3, -0.25) is 0 Å². The molecule has 23 aromatic rings. The molecule has 0 saturated heterocycles. The van der Waals surface area contributed by atoms with Crippen LogP contribution in [0.5, 0.6) is 0 Å². The Labute approximate surface area is 684 Å². The number of thiophene rings is 2. The summed E-state index contributed by atoms with van der Waals surface area (Å²) in [6.45, 7) is 0. The van der Waals surface area contributed by atoms with Crippen LogP contribution in [0.3, 0.4) is 0 Å². The smallest absolute Gasteiger partial charge is 0.164 e. The van der Waals surface area contributed by atoms with Crippen LogP contribution in [0.15, 0.2) is 385 Å². The van der Waals surface area contributed by atoms with Gasteiger partial charge in [0.05, 0.1) is 31.8 Å². The first-order valence-electron chi connectivity index (χ1n) is 38.9. The number of fused-ring (bicyclic) bond motifs is 12. The van der Waals surface area contributed by atoms with Gasteiger partial charge >= 0.3 is 0 Å². The van der Waals surface area contributed by atoms with Gasteiger partial charge in [-0.1, -0.05) is 340 Å². The van der Waals surface area contributed by atoms with Crippen LogP contribution < -0.4 is 0 Å². The molecule has 0 amide bonds. The normalized spacial score (nSPS) is 11.6. The van der Waals surface area contributed by atoms with Gasteiger partial charge in [0.1, 0.15) is 22.3 Å². The van der Waals surface area contributed by atoms with E-state index in [-0.39, 0.29) is 0 Å². The van der Waals surface area contributed by atoms with Crippen molar-refractivity contribution < 1.29 is 8.83 Å². The molecule has 8 aromatic heterocycles. The summed E-state index contributed by atoms with van der Waals surface area (Å²) >= 11 is 3.48. The first-order valence-corrected chi connectivity index (χ1v) is 40.5. The molecule has 0 aliphatic rings. The molecule has 8 heterocycles. The molecular formula is C104H62N10O2S2. The average Bonchev–Trinajstić information content (AvgIpc) is 1.57. The largest absolute Gasteiger partial charge is 0.455 e. The van der Waals surface area contributed by atoms with E-state index in [2.05, 4.69) is 218 Å². The standard InChI is InChI=1S/C55H33N5OS.C49H29N5OS/c1-4-13-34(14-5-1)35-23-29-40(30-24-35)52-56-48(51-49(57-52)45-19-10-11-22-47(45)62-51)37-27-25-36(26-28-37)42-20-12-21-44-43-32-31-41(33-46(43)61-50(42)44)55-59-53(38-15-6-2-7-16-38)58-54(60-55)39-17-8-3-9-18-39;1-4-13-32(14-5-1)46-50-42(45-43(51-46)39-19-10-11-22-41(39)56-45)31-25-23-30(24-26-31)36-20-12-21-38-37-28-27-35(29-40(37)55-44(36)38)49-53-47(33-15-6-2-7-16-33)52-48(54-49)34-17-8-3-9-18-34/h1-33H;1-29H. The molecule has 15 aromatic carbocycles. The Kier molecular flexibility index (Phi) is 17.3. The van der Waals surface area contributed by atoms with Crippen molar-refractivity contribution in [2.24, 2.45) is 0 Å². The van der Waals surface area contributed by atoms with Gasteiger partial charge in [-0.25, -0.2) is 49.8 Å². The fraction of sp³-hybridized carbons (Fsp3) is 0. The van der Waals surface area contributed by atoms with E-state index < -0.39 is 0 Å². The minimum absolute atomic E-state index is 0.584. The van der Waals surface area contributed by atoms with Gasteiger partial charge in [0.15, 0.2) is 46.6 Å². The van der Waals surface area contributed by atoms with Crippen LogP contribution in [0.4, 0.5) is 0 Å². The molecule has 0 atom stereocenters. The highest BCUT2D eigenvalue weighted by Gasteiger charge is 2.24. The Hall–Kier alpha value is -15.5. The van der Waals surface area contributed by atoms with Crippen molar-refractivity contribution in [3.05, 3.63) is 376 Å². The lowest BCUT2D eigenvalue weighted by molar-refractivity contribution is 0.669. The highest BCUT2D eigenvalue weighted by atomic mass is 32.1. The van der Waals surface area contributed by atoms with E-state index in [1.54, 1.807) is 22.7 Å². The summed E-state index contributed by atoms with van der Waals surface area (Å²) in [5.41, 5.74) is 22.9. The maximum atomic E-state index is 6.75. The third kappa shape index (κ3) is 12.8. The van der Waals surface area contributed by atoms with Gasteiger partial charge < -0.3 is 8.83 Å². The first kappa shape index (κ1) is 69.3. The van der Waals surface area contributed by atoms with E-state index in [0.717, 1.165) is 176 Å². The number of aromatic nitrogens is 10. The molecule has 12 nitrogen and oxygen atoms in total. The van der Waals surface area contributed by atoms with Crippen LogP contribution in [0.25, 0.3) is 231 Å². The minimum Gasteiger partial charge on any atom is -0.455 e. The second-order valence-electron chi connectivity index (χ2n) is 28.9. The van der Waals surface area contributed by atoms with Gasteiger partial charge in [0.2, 0.25) is 0 Å². The zero-order chi connectivity index (χ0) is 78.0. The molecule has 0 N–H and O–H groups in total. The van der Waals surface area contributed by atoms with Gasteiger partial charge in [0.25, 0.3) is 0 Å². The highest BCUT2D eigenvalue weighted by Crippen LogP contribution is 2.46. The van der Waals surface area contributed by atoms with Crippen molar-refractivity contribution in [3.63, 3.8) is 0 Å². The average molecular weight is 1550 g/mol. The summed E-state index contributed by atoms with van der Waals surface area (Å²) in [4.78, 5) is 50.2. The molecule has 0 aliphatic carbocycles. The zero-order valence-corrected chi connectivity index (χ0v) is 64.5. The maximum Gasteiger partial charge on any atom is 0.164 e. The van der Waals surface area contributed by atoms with Crippen LogP contribution in [-0.4, -0.2) is 49.8 Å². The van der Waals surface area contributed by atoms with Crippen LogP contribution in [-0.2, 0) is 0 Å².